The summed E-state index contributed by atoms with van der Waals surface area (Å²) in [6, 6.07) is 13.9. The first-order chi connectivity index (χ1) is 13.9. The number of sulfone groups is 1. The number of fused-ring (bicyclic) bond motifs is 1. The molecular formula is C20H16ClN3O3S2. The van der Waals surface area contributed by atoms with E-state index < -0.39 is 9.84 Å². The molecule has 1 N–H and O–H groups in total. The fourth-order valence-electron chi connectivity index (χ4n) is 3.07. The van der Waals surface area contributed by atoms with Crippen LogP contribution in [0.3, 0.4) is 0 Å². The number of thiazole rings is 1. The van der Waals surface area contributed by atoms with Gasteiger partial charge in [-0.15, -0.1) is 11.3 Å². The Kier molecular flexibility index (Phi) is 5.40. The van der Waals surface area contributed by atoms with Crippen LogP contribution in [-0.2, 0) is 26.9 Å². The average Bonchev–Trinajstić information content (AvgIpc) is 3.32. The number of nitrogens with one attached hydrogen (secondary N) is 1. The summed E-state index contributed by atoms with van der Waals surface area (Å²) in [6.07, 6.45) is 3.13. The third-order valence-corrected chi connectivity index (χ3v) is 7.00. The molecule has 4 aromatic rings. The summed E-state index contributed by atoms with van der Waals surface area (Å²) in [5.74, 6) is -0.425. The van der Waals surface area contributed by atoms with E-state index in [0.29, 0.717) is 26.6 Å². The Bertz CT molecular complexity index is 1260. The highest BCUT2D eigenvalue weighted by Crippen LogP contribution is 2.28. The van der Waals surface area contributed by atoms with Gasteiger partial charge in [0.1, 0.15) is 6.54 Å². The van der Waals surface area contributed by atoms with Gasteiger partial charge in [0.25, 0.3) is 0 Å². The van der Waals surface area contributed by atoms with Gasteiger partial charge in [-0.1, -0.05) is 41.9 Å². The number of halogens is 1. The summed E-state index contributed by atoms with van der Waals surface area (Å²) in [6.45, 7) is -0.0173. The highest BCUT2D eigenvalue weighted by molar-refractivity contribution is 7.90. The molecule has 0 aliphatic rings. The number of aromatic nitrogens is 2. The summed E-state index contributed by atoms with van der Waals surface area (Å²) >= 11 is 7.21. The van der Waals surface area contributed by atoms with Crippen molar-refractivity contribution in [1.29, 1.82) is 0 Å². The molecule has 0 radical (unpaired) electrons. The van der Waals surface area contributed by atoms with Crippen LogP contribution in [-0.4, -0.2) is 23.9 Å². The smallest absolute Gasteiger partial charge is 0.246 e. The van der Waals surface area contributed by atoms with E-state index in [-0.39, 0.29) is 23.1 Å². The van der Waals surface area contributed by atoms with Crippen molar-refractivity contribution in [2.75, 3.05) is 5.32 Å². The quantitative estimate of drug-likeness (QED) is 0.478. The molecule has 2 aromatic heterocycles. The van der Waals surface area contributed by atoms with Crippen molar-refractivity contribution >= 4 is 54.7 Å². The van der Waals surface area contributed by atoms with Crippen molar-refractivity contribution in [3.05, 3.63) is 76.9 Å². The lowest BCUT2D eigenvalue weighted by atomic mass is 10.2. The zero-order valence-electron chi connectivity index (χ0n) is 15.1. The number of anilines is 1. The van der Waals surface area contributed by atoms with Crippen LogP contribution in [0.25, 0.3) is 10.9 Å². The number of hydrogen-bond acceptors (Lipinski definition) is 5. The Morgan fingerprint density at radius 2 is 1.90 bits per heavy atom. The Balaban J connectivity index is 1.66. The second-order valence-electron chi connectivity index (χ2n) is 6.41. The molecule has 6 nitrogen and oxygen atoms in total. The van der Waals surface area contributed by atoms with Crippen molar-refractivity contribution in [2.24, 2.45) is 0 Å². The highest BCUT2D eigenvalue weighted by Gasteiger charge is 2.22. The topological polar surface area (TPSA) is 81.1 Å². The summed E-state index contributed by atoms with van der Waals surface area (Å²) in [4.78, 5) is 16.6. The fourth-order valence-corrected chi connectivity index (χ4v) is 5.32. The standard InChI is InChI=1S/C20H16ClN3O3S2/c21-15-7-5-14(6-8-15)13-29(26,27)18-11-24(17-4-2-1-3-16(17)18)12-19(25)23-20-22-9-10-28-20/h1-11H,12-13H2,(H,22,23,25). The summed E-state index contributed by atoms with van der Waals surface area (Å²) < 4.78 is 27.8. The maximum Gasteiger partial charge on any atom is 0.246 e. The van der Waals surface area contributed by atoms with Crippen LogP contribution in [0.1, 0.15) is 5.56 Å². The molecule has 0 aliphatic heterocycles. The summed E-state index contributed by atoms with van der Waals surface area (Å²) in [5.41, 5.74) is 1.32. The van der Waals surface area contributed by atoms with E-state index in [4.69, 9.17) is 11.6 Å². The molecule has 148 valence electrons. The number of carbonyl (C=O) groups is 1. The molecule has 0 unspecified atom stereocenters. The van der Waals surface area contributed by atoms with Crippen molar-refractivity contribution in [3.63, 3.8) is 0 Å². The van der Waals surface area contributed by atoms with Gasteiger partial charge in [-0.3, -0.25) is 4.79 Å². The van der Waals surface area contributed by atoms with E-state index in [1.54, 1.807) is 58.6 Å². The molecule has 2 aromatic carbocycles. The highest BCUT2D eigenvalue weighted by atomic mass is 35.5. The van der Waals surface area contributed by atoms with E-state index in [1.807, 2.05) is 6.07 Å². The predicted octanol–water partition coefficient (Wildman–Crippen LogP) is 4.36. The van der Waals surface area contributed by atoms with E-state index in [1.165, 1.54) is 17.5 Å². The van der Waals surface area contributed by atoms with Gasteiger partial charge in [-0.2, -0.15) is 0 Å². The first-order valence-corrected chi connectivity index (χ1v) is 11.6. The van der Waals surface area contributed by atoms with Crippen LogP contribution in [0, 0.1) is 0 Å². The van der Waals surface area contributed by atoms with Gasteiger partial charge in [0, 0.05) is 33.7 Å². The van der Waals surface area contributed by atoms with Gasteiger partial charge in [-0.05, 0) is 23.8 Å². The zero-order valence-corrected chi connectivity index (χ0v) is 17.5. The predicted molar refractivity (Wildman–Crippen MR) is 115 cm³/mol. The fraction of sp³-hybridized carbons (Fsp3) is 0.100. The lowest BCUT2D eigenvalue weighted by Gasteiger charge is -2.05. The molecule has 0 spiro atoms. The molecule has 0 saturated heterocycles. The normalized spacial score (nSPS) is 11.6. The van der Waals surface area contributed by atoms with Crippen molar-refractivity contribution in [3.8, 4) is 0 Å². The van der Waals surface area contributed by atoms with Gasteiger partial charge in [0.05, 0.1) is 10.6 Å². The zero-order chi connectivity index (χ0) is 20.4. The Morgan fingerprint density at radius 3 is 2.62 bits per heavy atom. The maximum atomic E-state index is 13.1. The van der Waals surface area contributed by atoms with Gasteiger partial charge < -0.3 is 9.88 Å². The molecule has 0 bridgehead atoms. The van der Waals surface area contributed by atoms with Crippen molar-refractivity contribution < 1.29 is 13.2 Å². The Hall–Kier alpha value is -2.68. The van der Waals surface area contributed by atoms with Crippen molar-refractivity contribution in [1.82, 2.24) is 9.55 Å². The molecule has 29 heavy (non-hydrogen) atoms. The number of carbonyl (C=O) groups excluding carboxylic acids is 1. The largest absolute Gasteiger partial charge is 0.337 e. The Morgan fingerprint density at radius 1 is 1.14 bits per heavy atom. The van der Waals surface area contributed by atoms with E-state index in [0.717, 1.165) is 0 Å². The number of hydrogen-bond donors (Lipinski definition) is 1. The molecule has 0 saturated carbocycles. The van der Waals surface area contributed by atoms with E-state index >= 15 is 0 Å². The molecule has 9 heteroatoms. The first kappa shape index (κ1) is 19.6. The monoisotopic (exact) mass is 445 g/mol. The van der Waals surface area contributed by atoms with Crippen LogP contribution >= 0.6 is 22.9 Å². The lowest BCUT2D eigenvalue weighted by molar-refractivity contribution is -0.116. The molecular weight excluding hydrogens is 430 g/mol. The van der Waals surface area contributed by atoms with Gasteiger partial charge in [-0.25, -0.2) is 13.4 Å². The van der Waals surface area contributed by atoms with Crippen LogP contribution in [0.5, 0.6) is 0 Å². The van der Waals surface area contributed by atoms with Crippen LogP contribution < -0.4 is 5.32 Å². The molecule has 2 heterocycles. The summed E-state index contributed by atoms with van der Waals surface area (Å²) in [7, 11) is -3.62. The second kappa shape index (κ2) is 7.98. The van der Waals surface area contributed by atoms with Gasteiger partial charge >= 0.3 is 0 Å². The molecule has 4 rings (SSSR count). The first-order valence-electron chi connectivity index (χ1n) is 8.67. The Labute approximate surface area is 176 Å². The molecule has 1 amide bonds. The third-order valence-electron chi connectivity index (χ3n) is 4.35. The number of rotatable bonds is 6. The lowest BCUT2D eigenvalue weighted by Crippen LogP contribution is -2.18. The number of benzene rings is 2. The number of amides is 1. The van der Waals surface area contributed by atoms with E-state index in [2.05, 4.69) is 10.3 Å². The van der Waals surface area contributed by atoms with Gasteiger partial charge in [0.2, 0.25) is 5.91 Å². The maximum absolute atomic E-state index is 13.1. The minimum Gasteiger partial charge on any atom is -0.337 e. The van der Waals surface area contributed by atoms with E-state index in [9.17, 15) is 13.2 Å². The number of para-hydroxylation sites is 1. The molecule has 0 aliphatic carbocycles. The molecule has 0 atom stereocenters. The average molecular weight is 446 g/mol. The third kappa shape index (κ3) is 4.34. The van der Waals surface area contributed by atoms with Gasteiger partial charge in [0.15, 0.2) is 15.0 Å². The second-order valence-corrected chi connectivity index (χ2v) is 9.70. The SMILES string of the molecule is O=C(Cn1cc(S(=O)(=O)Cc2ccc(Cl)cc2)c2ccccc21)Nc1nccs1. The van der Waals surface area contributed by atoms with Crippen LogP contribution in [0.4, 0.5) is 5.13 Å². The van der Waals surface area contributed by atoms with Crippen LogP contribution in [0.15, 0.2) is 71.2 Å². The minimum absolute atomic E-state index is 0.0173. The summed E-state index contributed by atoms with van der Waals surface area (Å²) in [5, 5.41) is 6.12. The van der Waals surface area contributed by atoms with Crippen LogP contribution in [0.2, 0.25) is 5.02 Å². The number of nitrogens with zero attached hydrogens (tertiary/aromatic N) is 2. The van der Waals surface area contributed by atoms with Crippen molar-refractivity contribution in [2.45, 2.75) is 17.2 Å². The molecule has 0 fully saturated rings. The minimum atomic E-state index is -3.62.